The lowest BCUT2D eigenvalue weighted by Gasteiger charge is -2.34. The van der Waals surface area contributed by atoms with E-state index in [0.717, 1.165) is 31.6 Å². The van der Waals surface area contributed by atoms with E-state index < -0.39 is 0 Å². The molecule has 2 fully saturated rings. The van der Waals surface area contributed by atoms with Crippen molar-refractivity contribution in [2.75, 3.05) is 13.1 Å². The summed E-state index contributed by atoms with van der Waals surface area (Å²) in [6.45, 7) is 3.24. The van der Waals surface area contributed by atoms with E-state index >= 15 is 0 Å². The van der Waals surface area contributed by atoms with Crippen molar-refractivity contribution in [3.05, 3.63) is 35.7 Å². The van der Waals surface area contributed by atoms with Crippen molar-refractivity contribution < 1.29 is 14.1 Å². The van der Waals surface area contributed by atoms with Crippen LogP contribution in [-0.2, 0) is 11.8 Å². The minimum absolute atomic E-state index is 0.0908. The van der Waals surface area contributed by atoms with Crippen LogP contribution in [0.3, 0.4) is 0 Å². The van der Waals surface area contributed by atoms with Crippen LogP contribution in [0.5, 0.6) is 0 Å². The van der Waals surface area contributed by atoms with E-state index in [-0.39, 0.29) is 18.1 Å². The van der Waals surface area contributed by atoms with Crippen molar-refractivity contribution in [2.24, 2.45) is 13.0 Å². The molecule has 0 unspecified atom stereocenters. The van der Waals surface area contributed by atoms with Gasteiger partial charge in [0.15, 0.2) is 5.82 Å². The molecule has 0 aromatic carbocycles. The first-order valence-corrected chi connectivity index (χ1v) is 7.98. The fraction of sp³-hybridized carbons (Fsp3) is 0.562. The Hall–Kier alpha value is -2.15. The highest BCUT2D eigenvalue weighted by molar-refractivity contribution is 5.92. The second kappa shape index (κ2) is 5.49. The van der Waals surface area contributed by atoms with Crippen LogP contribution in [0.1, 0.15) is 41.1 Å². The largest absolute Gasteiger partial charge is 0.365 e. The van der Waals surface area contributed by atoms with Gasteiger partial charge in [0.05, 0.1) is 6.10 Å². The third-order valence-corrected chi connectivity index (χ3v) is 4.79. The van der Waals surface area contributed by atoms with Gasteiger partial charge >= 0.3 is 0 Å². The van der Waals surface area contributed by atoms with Gasteiger partial charge in [-0.2, -0.15) is 4.98 Å². The van der Waals surface area contributed by atoms with Gasteiger partial charge in [-0.3, -0.25) is 4.79 Å². The smallest absolute Gasteiger partial charge is 0.270 e. The minimum Gasteiger partial charge on any atom is -0.365 e. The highest BCUT2D eigenvalue weighted by atomic mass is 16.5. The molecule has 2 aromatic heterocycles. The number of carbonyl (C=O) groups is 1. The standard InChI is InChI=1S/C16H20N4O3/c1-10-17-15(23-18-10)14-8-11-9-20(7-5-13(11)22-14)16(21)12-4-3-6-19(12)2/h3-4,6,11,13-14H,5,7-9H2,1-2H3/t11-,13+,14+/m0/s1. The molecular formula is C16H20N4O3. The molecule has 0 radical (unpaired) electrons. The molecule has 2 aliphatic heterocycles. The third-order valence-electron chi connectivity index (χ3n) is 4.79. The SMILES string of the molecule is Cc1noc([C@H]2C[C@H]3CN(C(=O)c4cccn4C)CC[C@H]3O2)n1. The van der Waals surface area contributed by atoms with Crippen molar-refractivity contribution in [1.29, 1.82) is 0 Å². The Labute approximate surface area is 134 Å². The second-order valence-corrected chi connectivity index (χ2v) is 6.38. The quantitative estimate of drug-likeness (QED) is 0.843. The van der Waals surface area contributed by atoms with E-state index in [1.807, 2.05) is 34.8 Å². The van der Waals surface area contributed by atoms with Gasteiger partial charge in [-0.25, -0.2) is 0 Å². The van der Waals surface area contributed by atoms with Gasteiger partial charge in [-0.15, -0.1) is 0 Å². The molecule has 3 atom stereocenters. The molecule has 1 amide bonds. The lowest BCUT2D eigenvalue weighted by Crippen LogP contribution is -2.44. The molecule has 4 heterocycles. The lowest BCUT2D eigenvalue weighted by atomic mass is 9.92. The molecule has 2 aromatic rings. The monoisotopic (exact) mass is 316 g/mol. The molecule has 23 heavy (non-hydrogen) atoms. The van der Waals surface area contributed by atoms with Crippen molar-refractivity contribution in [1.82, 2.24) is 19.6 Å². The van der Waals surface area contributed by atoms with E-state index in [0.29, 0.717) is 17.6 Å². The summed E-state index contributed by atoms with van der Waals surface area (Å²) < 4.78 is 13.2. The number of rotatable bonds is 2. The number of likely N-dealkylation sites (tertiary alicyclic amines) is 1. The molecule has 0 saturated carbocycles. The van der Waals surface area contributed by atoms with Gasteiger partial charge in [-0.1, -0.05) is 5.16 Å². The van der Waals surface area contributed by atoms with Crippen molar-refractivity contribution in [2.45, 2.75) is 32.0 Å². The zero-order valence-electron chi connectivity index (χ0n) is 13.3. The van der Waals surface area contributed by atoms with Crippen LogP contribution in [-0.4, -0.2) is 44.7 Å². The summed E-state index contributed by atoms with van der Waals surface area (Å²) in [5.41, 5.74) is 0.728. The summed E-state index contributed by atoms with van der Waals surface area (Å²) >= 11 is 0. The Morgan fingerprint density at radius 1 is 1.43 bits per heavy atom. The maximum Gasteiger partial charge on any atom is 0.270 e. The predicted molar refractivity (Wildman–Crippen MR) is 80.7 cm³/mol. The normalized spacial score (nSPS) is 27.2. The predicted octanol–water partition coefficient (Wildman–Crippen LogP) is 1.71. The van der Waals surface area contributed by atoms with Gasteiger partial charge in [0.1, 0.15) is 11.8 Å². The number of amides is 1. The highest BCUT2D eigenvalue weighted by Gasteiger charge is 2.42. The summed E-state index contributed by atoms with van der Waals surface area (Å²) in [6, 6.07) is 3.76. The maximum absolute atomic E-state index is 12.6. The second-order valence-electron chi connectivity index (χ2n) is 6.38. The van der Waals surface area contributed by atoms with E-state index in [1.54, 1.807) is 6.92 Å². The summed E-state index contributed by atoms with van der Waals surface area (Å²) in [4.78, 5) is 18.9. The Bertz CT molecular complexity index is 722. The Morgan fingerprint density at radius 3 is 3.00 bits per heavy atom. The summed E-state index contributed by atoms with van der Waals surface area (Å²) in [6.07, 6.45) is 3.60. The van der Waals surface area contributed by atoms with Crippen molar-refractivity contribution in [3.8, 4) is 0 Å². The number of hydrogen-bond donors (Lipinski definition) is 0. The van der Waals surface area contributed by atoms with Crippen LogP contribution in [0.25, 0.3) is 0 Å². The number of aryl methyl sites for hydroxylation is 2. The Morgan fingerprint density at radius 2 is 2.30 bits per heavy atom. The average molecular weight is 316 g/mol. The first-order chi connectivity index (χ1) is 11.1. The summed E-state index contributed by atoms with van der Waals surface area (Å²) in [5, 5.41) is 3.83. The van der Waals surface area contributed by atoms with Crippen LogP contribution in [0, 0.1) is 12.8 Å². The molecule has 7 nitrogen and oxygen atoms in total. The summed E-state index contributed by atoms with van der Waals surface area (Å²) in [5.74, 6) is 1.59. The molecule has 0 spiro atoms. The Balaban J connectivity index is 1.45. The topological polar surface area (TPSA) is 73.4 Å². The zero-order valence-corrected chi connectivity index (χ0v) is 13.3. The van der Waals surface area contributed by atoms with Crippen LogP contribution in [0.4, 0.5) is 0 Å². The van der Waals surface area contributed by atoms with E-state index in [1.165, 1.54) is 0 Å². The number of carbonyl (C=O) groups excluding carboxylic acids is 1. The molecular weight excluding hydrogens is 296 g/mol. The number of ether oxygens (including phenoxy) is 1. The summed E-state index contributed by atoms with van der Waals surface area (Å²) in [7, 11) is 1.90. The fourth-order valence-electron chi connectivity index (χ4n) is 3.59. The molecule has 0 aliphatic carbocycles. The minimum atomic E-state index is -0.142. The fourth-order valence-corrected chi connectivity index (χ4v) is 3.59. The van der Waals surface area contributed by atoms with E-state index in [9.17, 15) is 4.79 Å². The number of hydrogen-bond acceptors (Lipinski definition) is 5. The molecule has 0 bridgehead atoms. The number of nitrogens with zero attached hydrogens (tertiary/aromatic N) is 4. The molecule has 0 N–H and O–H groups in total. The number of fused-ring (bicyclic) bond motifs is 1. The first-order valence-electron chi connectivity index (χ1n) is 7.98. The van der Waals surface area contributed by atoms with Gasteiger partial charge in [0.25, 0.3) is 11.8 Å². The molecule has 2 aliphatic rings. The van der Waals surface area contributed by atoms with Crippen LogP contribution < -0.4 is 0 Å². The average Bonchev–Trinajstić information content (AvgIpc) is 3.24. The molecule has 7 heteroatoms. The van der Waals surface area contributed by atoms with Crippen LogP contribution >= 0.6 is 0 Å². The number of aromatic nitrogens is 3. The van der Waals surface area contributed by atoms with Gasteiger partial charge in [0, 0.05) is 32.3 Å². The van der Waals surface area contributed by atoms with Gasteiger partial charge < -0.3 is 18.7 Å². The Kier molecular flexibility index (Phi) is 3.45. The third kappa shape index (κ3) is 2.55. The van der Waals surface area contributed by atoms with Crippen LogP contribution in [0.15, 0.2) is 22.9 Å². The van der Waals surface area contributed by atoms with Crippen molar-refractivity contribution in [3.63, 3.8) is 0 Å². The van der Waals surface area contributed by atoms with Gasteiger partial charge in [0.2, 0.25) is 0 Å². The van der Waals surface area contributed by atoms with Crippen LogP contribution in [0.2, 0.25) is 0 Å². The van der Waals surface area contributed by atoms with E-state index in [2.05, 4.69) is 10.1 Å². The van der Waals surface area contributed by atoms with Crippen molar-refractivity contribution >= 4 is 5.91 Å². The lowest BCUT2D eigenvalue weighted by molar-refractivity contribution is -0.00791. The zero-order chi connectivity index (χ0) is 16.0. The van der Waals surface area contributed by atoms with Gasteiger partial charge in [-0.05, 0) is 31.9 Å². The molecule has 2 saturated heterocycles. The number of piperidine rings is 1. The molecule has 4 rings (SSSR count). The van der Waals surface area contributed by atoms with E-state index in [4.69, 9.17) is 9.26 Å². The highest BCUT2D eigenvalue weighted by Crippen LogP contribution is 2.40. The first kappa shape index (κ1) is 14.4. The molecule has 122 valence electrons. The maximum atomic E-state index is 12.6.